The molecule has 1 aromatic rings. The number of hydrogen-bond donors (Lipinski definition) is 3. The van der Waals surface area contributed by atoms with E-state index in [1.807, 2.05) is 0 Å². The third kappa shape index (κ3) is 2.93. The van der Waals surface area contributed by atoms with Crippen LogP contribution in [0.1, 0.15) is 15.9 Å². The van der Waals surface area contributed by atoms with Crippen LogP contribution in [0.5, 0.6) is 0 Å². The molecule has 2 atom stereocenters. The Kier molecular flexibility index (Phi) is 4.17. The van der Waals surface area contributed by atoms with Crippen molar-refractivity contribution in [1.29, 1.82) is 0 Å². The van der Waals surface area contributed by atoms with E-state index in [0.717, 1.165) is 0 Å². The quantitative estimate of drug-likeness (QED) is 0.579. The van der Waals surface area contributed by atoms with Crippen molar-refractivity contribution in [2.75, 3.05) is 19.7 Å². The lowest BCUT2D eigenvalue weighted by molar-refractivity contribution is 0.0572. The summed E-state index contributed by atoms with van der Waals surface area (Å²) < 4.78 is 0. The number of nitrogens with zero attached hydrogens (tertiary/aromatic N) is 1. The zero-order valence-corrected chi connectivity index (χ0v) is 10.3. The van der Waals surface area contributed by atoms with Gasteiger partial charge in [0.25, 0.3) is 5.91 Å². The molecule has 19 heavy (non-hydrogen) atoms. The smallest absolute Gasteiger partial charge is 0.255 e. The molecule has 1 saturated heterocycles. The van der Waals surface area contributed by atoms with Gasteiger partial charge in [0.05, 0.1) is 17.8 Å². The van der Waals surface area contributed by atoms with Gasteiger partial charge in [-0.25, -0.2) is 0 Å². The van der Waals surface area contributed by atoms with Gasteiger partial charge in [-0.15, -0.1) is 0 Å². The van der Waals surface area contributed by atoms with Gasteiger partial charge in [-0.05, 0) is 12.1 Å². The molecular formula is C14H15NO4. The maximum Gasteiger partial charge on any atom is 0.255 e. The Bertz CT molecular complexity index is 522. The van der Waals surface area contributed by atoms with E-state index in [1.54, 1.807) is 24.3 Å². The average molecular weight is 261 g/mol. The monoisotopic (exact) mass is 261 g/mol. The number of benzene rings is 1. The van der Waals surface area contributed by atoms with E-state index >= 15 is 0 Å². The number of hydrogen-bond acceptors (Lipinski definition) is 4. The molecule has 1 heterocycles. The number of aliphatic hydroxyl groups excluding tert-OH is 3. The highest BCUT2D eigenvalue weighted by Gasteiger charge is 2.33. The van der Waals surface area contributed by atoms with Gasteiger partial charge in [0.1, 0.15) is 6.61 Å². The van der Waals surface area contributed by atoms with E-state index in [1.165, 1.54) is 4.90 Å². The van der Waals surface area contributed by atoms with Crippen LogP contribution in [-0.2, 0) is 0 Å². The average Bonchev–Trinajstić information content (AvgIpc) is 2.76. The molecule has 3 N–H and O–H groups in total. The van der Waals surface area contributed by atoms with Crippen molar-refractivity contribution >= 4 is 5.91 Å². The molecule has 0 radical (unpaired) electrons. The van der Waals surface area contributed by atoms with Crippen molar-refractivity contribution in [2.24, 2.45) is 0 Å². The van der Waals surface area contributed by atoms with Crippen molar-refractivity contribution in [1.82, 2.24) is 4.90 Å². The number of rotatable bonds is 1. The summed E-state index contributed by atoms with van der Waals surface area (Å²) in [6.07, 6.45) is -1.81. The van der Waals surface area contributed by atoms with Crippen molar-refractivity contribution in [2.45, 2.75) is 12.2 Å². The minimum Gasteiger partial charge on any atom is -0.388 e. The number of β-amino-alcohol motifs (C(OH)–C–C–N with tert-alkyl or cyclic N) is 2. The lowest BCUT2D eigenvalue weighted by Crippen LogP contribution is -2.30. The number of carbonyl (C=O) groups excluding carboxylic acids is 1. The SMILES string of the molecule is O=C(c1ccccc1C#CCO)N1CC(O)C(O)C1. The van der Waals surface area contributed by atoms with Crippen LogP contribution in [-0.4, -0.2) is 58.0 Å². The molecule has 0 aliphatic carbocycles. The molecule has 100 valence electrons. The Hall–Kier alpha value is -1.87. The van der Waals surface area contributed by atoms with E-state index in [2.05, 4.69) is 11.8 Å². The van der Waals surface area contributed by atoms with Crippen molar-refractivity contribution in [3.63, 3.8) is 0 Å². The first kappa shape index (κ1) is 13.6. The molecule has 0 aromatic heterocycles. The summed E-state index contributed by atoms with van der Waals surface area (Å²) in [5.74, 6) is 4.94. The maximum absolute atomic E-state index is 12.3. The lowest BCUT2D eigenvalue weighted by atomic mass is 10.1. The third-order valence-corrected chi connectivity index (χ3v) is 3.01. The van der Waals surface area contributed by atoms with E-state index in [-0.39, 0.29) is 25.6 Å². The van der Waals surface area contributed by atoms with Crippen LogP contribution in [0.2, 0.25) is 0 Å². The first-order chi connectivity index (χ1) is 9.13. The van der Waals surface area contributed by atoms with Gasteiger partial charge in [0, 0.05) is 18.7 Å². The van der Waals surface area contributed by atoms with Gasteiger partial charge < -0.3 is 20.2 Å². The Labute approximate surface area is 111 Å². The lowest BCUT2D eigenvalue weighted by Gasteiger charge is -2.16. The molecule has 1 aliphatic heterocycles. The molecular weight excluding hydrogens is 246 g/mol. The van der Waals surface area contributed by atoms with Crippen molar-refractivity contribution < 1.29 is 20.1 Å². The highest BCUT2D eigenvalue weighted by molar-refractivity contribution is 5.97. The van der Waals surface area contributed by atoms with Crippen LogP contribution < -0.4 is 0 Å². The van der Waals surface area contributed by atoms with Gasteiger partial charge in [-0.2, -0.15) is 0 Å². The molecule has 2 rings (SSSR count). The summed E-state index contributed by atoms with van der Waals surface area (Å²) >= 11 is 0. The number of likely N-dealkylation sites (tertiary alicyclic amines) is 1. The fourth-order valence-electron chi connectivity index (χ4n) is 2.02. The van der Waals surface area contributed by atoms with Crippen LogP contribution in [0.3, 0.4) is 0 Å². The minimum atomic E-state index is -0.903. The fraction of sp³-hybridized carbons (Fsp3) is 0.357. The summed E-state index contributed by atoms with van der Waals surface area (Å²) in [7, 11) is 0. The second-order valence-corrected chi connectivity index (χ2v) is 4.35. The highest BCUT2D eigenvalue weighted by Crippen LogP contribution is 2.16. The normalized spacial score (nSPS) is 21.9. The molecule has 0 saturated carbocycles. The number of carbonyl (C=O) groups is 1. The molecule has 5 nitrogen and oxygen atoms in total. The molecule has 0 spiro atoms. The van der Waals surface area contributed by atoms with Gasteiger partial charge in [-0.3, -0.25) is 4.79 Å². The summed E-state index contributed by atoms with van der Waals surface area (Å²) in [5, 5.41) is 27.6. The fourth-order valence-corrected chi connectivity index (χ4v) is 2.02. The molecule has 1 amide bonds. The van der Waals surface area contributed by atoms with Crippen LogP contribution in [0.15, 0.2) is 24.3 Å². The highest BCUT2D eigenvalue weighted by atomic mass is 16.3. The maximum atomic E-state index is 12.3. The zero-order chi connectivity index (χ0) is 13.8. The van der Waals surface area contributed by atoms with Crippen LogP contribution in [0, 0.1) is 11.8 Å². The van der Waals surface area contributed by atoms with Crippen LogP contribution in [0.4, 0.5) is 0 Å². The van der Waals surface area contributed by atoms with E-state index in [9.17, 15) is 15.0 Å². The van der Waals surface area contributed by atoms with Crippen molar-refractivity contribution in [3.8, 4) is 11.8 Å². The topological polar surface area (TPSA) is 81.0 Å². The molecule has 5 heteroatoms. The van der Waals surface area contributed by atoms with Gasteiger partial charge >= 0.3 is 0 Å². The molecule has 2 unspecified atom stereocenters. The van der Waals surface area contributed by atoms with Crippen LogP contribution in [0.25, 0.3) is 0 Å². The van der Waals surface area contributed by atoms with E-state index in [0.29, 0.717) is 11.1 Å². The number of amides is 1. The Balaban J connectivity index is 2.24. The molecule has 0 bridgehead atoms. The van der Waals surface area contributed by atoms with Gasteiger partial charge in [0.2, 0.25) is 0 Å². The Morgan fingerprint density at radius 1 is 1.26 bits per heavy atom. The standard InChI is InChI=1S/C14H15NO4/c16-7-3-5-10-4-1-2-6-11(10)14(19)15-8-12(17)13(18)9-15/h1-2,4,6,12-13,16-18H,7-9H2. The Morgan fingerprint density at radius 2 is 1.89 bits per heavy atom. The molecule has 1 fully saturated rings. The first-order valence-corrected chi connectivity index (χ1v) is 5.97. The summed E-state index contributed by atoms with van der Waals surface area (Å²) in [6, 6.07) is 6.81. The van der Waals surface area contributed by atoms with Crippen molar-refractivity contribution in [3.05, 3.63) is 35.4 Å². The minimum absolute atomic E-state index is 0.113. The Morgan fingerprint density at radius 3 is 2.53 bits per heavy atom. The van der Waals surface area contributed by atoms with E-state index < -0.39 is 12.2 Å². The summed E-state index contributed by atoms with van der Waals surface area (Å²) in [5.41, 5.74) is 0.933. The van der Waals surface area contributed by atoms with Gasteiger partial charge in [-0.1, -0.05) is 24.0 Å². The number of aliphatic hydroxyl groups is 3. The van der Waals surface area contributed by atoms with Gasteiger partial charge in [0.15, 0.2) is 0 Å². The first-order valence-electron chi connectivity index (χ1n) is 5.97. The molecule has 1 aliphatic rings. The summed E-state index contributed by atoms with van der Waals surface area (Å²) in [4.78, 5) is 13.7. The molecule has 1 aromatic carbocycles. The second-order valence-electron chi connectivity index (χ2n) is 4.35. The predicted octanol–water partition coefficient (Wildman–Crippen LogP) is -0.792. The zero-order valence-electron chi connectivity index (χ0n) is 10.3. The second kappa shape index (κ2) is 5.85. The predicted molar refractivity (Wildman–Crippen MR) is 68.3 cm³/mol. The summed E-state index contributed by atoms with van der Waals surface area (Å²) in [6.45, 7) is -0.0484. The third-order valence-electron chi connectivity index (χ3n) is 3.01. The largest absolute Gasteiger partial charge is 0.388 e. The van der Waals surface area contributed by atoms with Crippen LogP contribution >= 0.6 is 0 Å². The van der Waals surface area contributed by atoms with E-state index in [4.69, 9.17) is 5.11 Å².